The minimum absolute atomic E-state index is 0.427. The summed E-state index contributed by atoms with van der Waals surface area (Å²) in [7, 11) is 0. The third kappa shape index (κ3) is 3.64. The number of aromatic nitrogens is 1. The zero-order chi connectivity index (χ0) is 12.6. The molecule has 1 aromatic carbocycles. The standard InChI is InChI=1S/C13H15N3O2/c14-16-12-7-4-8-13(15-12)18-10-9-17-11-5-2-1-3-6-11/h1-8H,9-10,14H2,(H,15,16). The van der Waals surface area contributed by atoms with Gasteiger partial charge < -0.3 is 14.9 Å². The van der Waals surface area contributed by atoms with Crippen molar-refractivity contribution in [3.05, 3.63) is 48.5 Å². The molecular weight excluding hydrogens is 230 g/mol. The molecule has 5 heteroatoms. The van der Waals surface area contributed by atoms with E-state index in [1.807, 2.05) is 36.4 Å². The van der Waals surface area contributed by atoms with E-state index in [2.05, 4.69) is 10.4 Å². The molecule has 0 spiro atoms. The number of pyridine rings is 1. The number of rotatable bonds is 6. The smallest absolute Gasteiger partial charge is 0.215 e. The van der Waals surface area contributed by atoms with Crippen LogP contribution in [-0.4, -0.2) is 18.2 Å². The quantitative estimate of drug-likeness (QED) is 0.461. The van der Waals surface area contributed by atoms with Gasteiger partial charge >= 0.3 is 0 Å². The Balaban J connectivity index is 1.75. The van der Waals surface area contributed by atoms with Gasteiger partial charge in [-0.25, -0.2) is 5.84 Å². The molecule has 0 aliphatic rings. The molecule has 5 nitrogen and oxygen atoms in total. The first-order valence-corrected chi connectivity index (χ1v) is 5.63. The molecule has 0 radical (unpaired) electrons. The maximum absolute atomic E-state index is 5.49. The predicted octanol–water partition coefficient (Wildman–Crippen LogP) is 1.83. The molecule has 0 amide bonds. The molecular formula is C13H15N3O2. The van der Waals surface area contributed by atoms with Gasteiger partial charge in [0.05, 0.1) is 0 Å². The normalized spacial score (nSPS) is 9.83. The van der Waals surface area contributed by atoms with Crippen molar-refractivity contribution in [2.45, 2.75) is 0 Å². The van der Waals surface area contributed by atoms with Crippen LogP contribution in [0, 0.1) is 0 Å². The Morgan fingerprint density at radius 1 is 0.944 bits per heavy atom. The third-order valence-electron chi connectivity index (χ3n) is 2.22. The van der Waals surface area contributed by atoms with Crippen molar-refractivity contribution in [1.29, 1.82) is 0 Å². The van der Waals surface area contributed by atoms with Crippen LogP contribution in [0.3, 0.4) is 0 Å². The molecule has 3 N–H and O–H groups in total. The second kappa shape index (κ2) is 6.46. The Kier molecular flexibility index (Phi) is 4.38. The summed E-state index contributed by atoms with van der Waals surface area (Å²) in [6, 6.07) is 14.9. The molecule has 1 aromatic heterocycles. The molecule has 1 heterocycles. The third-order valence-corrected chi connectivity index (χ3v) is 2.22. The fraction of sp³-hybridized carbons (Fsp3) is 0.154. The summed E-state index contributed by atoms with van der Waals surface area (Å²) < 4.78 is 10.9. The first kappa shape index (κ1) is 12.2. The lowest BCUT2D eigenvalue weighted by molar-refractivity contribution is 0.212. The summed E-state index contributed by atoms with van der Waals surface area (Å²) in [6.45, 7) is 0.891. The number of nitrogens with one attached hydrogen (secondary N) is 1. The van der Waals surface area contributed by atoms with E-state index >= 15 is 0 Å². The van der Waals surface area contributed by atoms with E-state index in [0.29, 0.717) is 24.9 Å². The van der Waals surface area contributed by atoms with Crippen molar-refractivity contribution < 1.29 is 9.47 Å². The monoisotopic (exact) mass is 245 g/mol. The summed E-state index contributed by atoms with van der Waals surface area (Å²) in [5.41, 5.74) is 2.46. The predicted molar refractivity (Wildman–Crippen MR) is 69.5 cm³/mol. The Bertz CT molecular complexity index is 477. The molecule has 0 unspecified atom stereocenters. The van der Waals surface area contributed by atoms with Gasteiger partial charge in [0.2, 0.25) is 5.88 Å². The SMILES string of the molecule is NNc1cccc(OCCOc2ccccc2)n1. The van der Waals surface area contributed by atoms with Gasteiger partial charge in [-0.2, -0.15) is 4.98 Å². The maximum Gasteiger partial charge on any atom is 0.215 e. The molecule has 2 rings (SSSR count). The number of hydrazine groups is 1. The van der Waals surface area contributed by atoms with Gasteiger partial charge in [0.25, 0.3) is 0 Å². The van der Waals surface area contributed by atoms with Crippen molar-refractivity contribution in [2.75, 3.05) is 18.6 Å². The van der Waals surface area contributed by atoms with E-state index in [1.54, 1.807) is 12.1 Å². The zero-order valence-electron chi connectivity index (χ0n) is 9.87. The van der Waals surface area contributed by atoms with Crippen molar-refractivity contribution in [1.82, 2.24) is 4.98 Å². The highest BCUT2D eigenvalue weighted by Gasteiger charge is 1.97. The molecule has 2 aromatic rings. The number of nitrogen functional groups attached to an aromatic ring is 1. The average Bonchev–Trinajstić information content (AvgIpc) is 2.45. The van der Waals surface area contributed by atoms with Crippen molar-refractivity contribution in [3.63, 3.8) is 0 Å². The number of hydrogen-bond donors (Lipinski definition) is 2. The minimum Gasteiger partial charge on any atom is -0.490 e. The van der Waals surface area contributed by atoms with Gasteiger partial charge in [-0.15, -0.1) is 0 Å². The van der Waals surface area contributed by atoms with Crippen molar-refractivity contribution in [3.8, 4) is 11.6 Å². The van der Waals surface area contributed by atoms with Crippen LogP contribution in [0.15, 0.2) is 48.5 Å². The van der Waals surface area contributed by atoms with Crippen LogP contribution in [0.5, 0.6) is 11.6 Å². The fourth-order valence-electron chi connectivity index (χ4n) is 1.40. The Morgan fingerprint density at radius 2 is 1.72 bits per heavy atom. The highest BCUT2D eigenvalue weighted by atomic mass is 16.5. The number of ether oxygens (including phenoxy) is 2. The largest absolute Gasteiger partial charge is 0.490 e. The molecule has 0 fully saturated rings. The summed E-state index contributed by atoms with van der Waals surface area (Å²) in [4.78, 5) is 4.12. The minimum atomic E-state index is 0.427. The number of para-hydroxylation sites is 1. The van der Waals surface area contributed by atoms with Crippen LogP contribution in [0.4, 0.5) is 5.82 Å². The van der Waals surface area contributed by atoms with Gasteiger partial charge in [-0.1, -0.05) is 24.3 Å². The summed E-state index contributed by atoms with van der Waals surface area (Å²) in [5.74, 6) is 7.16. The van der Waals surface area contributed by atoms with Crippen molar-refractivity contribution >= 4 is 5.82 Å². The molecule has 0 atom stereocenters. The molecule has 0 aliphatic carbocycles. The molecule has 0 saturated heterocycles. The van der Waals surface area contributed by atoms with Gasteiger partial charge in [0, 0.05) is 6.07 Å². The van der Waals surface area contributed by atoms with Crippen LogP contribution in [0.2, 0.25) is 0 Å². The second-order valence-electron chi connectivity index (χ2n) is 3.52. The van der Waals surface area contributed by atoms with Gasteiger partial charge in [-0.3, -0.25) is 0 Å². The van der Waals surface area contributed by atoms with E-state index in [9.17, 15) is 0 Å². The van der Waals surface area contributed by atoms with E-state index in [1.165, 1.54) is 0 Å². The number of nitrogens with two attached hydrogens (primary N) is 1. The Morgan fingerprint density at radius 3 is 2.50 bits per heavy atom. The number of anilines is 1. The number of benzene rings is 1. The molecule has 0 aliphatic heterocycles. The summed E-state index contributed by atoms with van der Waals surface area (Å²) in [6.07, 6.45) is 0. The first-order chi connectivity index (χ1) is 8.88. The highest BCUT2D eigenvalue weighted by molar-refractivity contribution is 5.35. The lowest BCUT2D eigenvalue weighted by Crippen LogP contribution is -2.11. The first-order valence-electron chi connectivity index (χ1n) is 5.63. The van der Waals surface area contributed by atoms with Crippen LogP contribution in [-0.2, 0) is 0 Å². The maximum atomic E-state index is 5.49. The number of hydrogen-bond acceptors (Lipinski definition) is 5. The fourth-order valence-corrected chi connectivity index (χ4v) is 1.40. The molecule has 0 saturated carbocycles. The van der Waals surface area contributed by atoms with Crippen molar-refractivity contribution in [2.24, 2.45) is 5.84 Å². The van der Waals surface area contributed by atoms with Crippen LogP contribution >= 0.6 is 0 Å². The zero-order valence-corrected chi connectivity index (χ0v) is 9.87. The van der Waals surface area contributed by atoms with E-state index in [0.717, 1.165) is 5.75 Å². The molecule has 94 valence electrons. The van der Waals surface area contributed by atoms with Crippen LogP contribution < -0.4 is 20.7 Å². The van der Waals surface area contributed by atoms with Crippen LogP contribution in [0.25, 0.3) is 0 Å². The number of nitrogens with zero attached hydrogens (tertiary/aromatic N) is 1. The lowest BCUT2D eigenvalue weighted by Gasteiger charge is -2.08. The van der Waals surface area contributed by atoms with E-state index in [-0.39, 0.29) is 0 Å². The Hall–Kier alpha value is -2.27. The topological polar surface area (TPSA) is 69.4 Å². The summed E-state index contributed by atoms with van der Waals surface area (Å²) >= 11 is 0. The lowest BCUT2D eigenvalue weighted by atomic mass is 10.3. The highest BCUT2D eigenvalue weighted by Crippen LogP contribution is 2.11. The van der Waals surface area contributed by atoms with Gasteiger partial charge in [-0.05, 0) is 18.2 Å². The molecule has 18 heavy (non-hydrogen) atoms. The summed E-state index contributed by atoms with van der Waals surface area (Å²) in [5, 5.41) is 0. The molecule has 0 bridgehead atoms. The Labute approximate surface area is 106 Å². The van der Waals surface area contributed by atoms with E-state index in [4.69, 9.17) is 15.3 Å². The van der Waals surface area contributed by atoms with Gasteiger partial charge in [0.1, 0.15) is 24.8 Å². The van der Waals surface area contributed by atoms with Gasteiger partial charge in [0.15, 0.2) is 0 Å². The second-order valence-corrected chi connectivity index (χ2v) is 3.52. The van der Waals surface area contributed by atoms with E-state index < -0.39 is 0 Å². The van der Waals surface area contributed by atoms with Crippen LogP contribution in [0.1, 0.15) is 0 Å². The average molecular weight is 245 g/mol.